The Morgan fingerprint density at radius 2 is 0.412 bits per heavy atom. The summed E-state index contributed by atoms with van der Waals surface area (Å²) in [5.74, 6) is 3.83. The van der Waals surface area contributed by atoms with E-state index in [9.17, 15) is 0 Å². The minimum Gasteiger partial charge on any atom is -0.309 e. The zero-order valence-electron chi connectivity index (χ0n) is 79.5. The Morgan fingerprint density at radius 3 is 0.797 bits per heavy atom. The summed E-state index contributed by atoms with van der Waals surface area (Å²) in [6.45, 7) is 0. The second-order valence-corrected chi connectivity index (χ2v) is 36.9. The highest BCUT2D eigenvalue weighted by atomic mass is 15.1. The van der Waals surface area contributed by atoms with Crippen LogP contribution in [0.4, 0.5) is 0 Å². The van der Waals surface area contributed by atoms with Crippen LogP contribution in [0.5, 0.6) is 0 Å². The summed E-state index contributed by atoms with van der Waals surface area (Å²) in [5.41, 5.74) is 25.7. The SMILES string of the molecule is c1ccc(-c2nc(-c3ccnc(-c4cccc(-n5c6ccccc6c6ccccc65)c4)n3)nc3c2ccc2ccccc23)cc1.c1ccc(-c2nc(-c3nc(-c4cccc(-n5c6ccccc6c6ccccc65)c4)cc(-n4c5ccccc5c5ccccc54)n3)nc3c2ccc2ccccc23)cc1.c1ccc(-c2nc(-c3nccc(-c4cccc(-n5c6ccccc6c6ccccc65)c4)n3)nc3c2ccc2ccccc23)cc1. The lowest BCUT2D eigenvalue weighted by molar-refractivity contribution is 1.03. The van der Waals surface area contributed by atoms with Gasteiger partial charge in [-0.15, -0.1) is 0 Å². The quantitative estimate of drug-likeness (QED) is 0.100. The Kier molecular flexibility index (Phi) is 20.8. The molecule has 0 atom stereocenters. The van der Waals surface area contributed by atoms with E-state index in [1.807, 2.05) is 72.8 Å². The third kappa shape index (κ3) is 14.9. The molecule has 0 radical (unpaired) electrons. The van der Waals surface area contributed by atoms with Crippen LogP contribution in [0.15, 0.2) is 498 Å². The summed E-state index contributed by atoms with van der Waals surface area (Å²) in [6.07, 6.45) is 3.59. The van der Waals surface area contributed by atoms with Crippen LogP contribution in [-0.2, 0) is 0 Å². The highest BCUT2D eigenvalue weighted by Crippen LogP contribution is 2.44. The molecular weight excluding hydrogens is 1810 g/mol. The van der Waals surface area contributed by atoms with E-state index in [1.54, 1.807) is 12.4 Å². The largest absolute Gasteiger partial charge is 0.309 e. The molecule has 0 fully saturated rings. The first-order valence-corrected chi connectivity index (χ1v) is 49.5. The van der Waals surface area contributed by atoms with Crippen LogP contribution in [0.2, 0.25) is 0 Å². The van der Waals surface area contributed by atoms with Gasteiger partial charge in [0.15, 0.2) is 34.9 Å². The van der Waals surface area contributed by atoms with Crippen molar-refractivity contribution in [2.45, 2.75) is 0 Å². The Balaban J connectivity index is 0.000000108. The van der Waals surface area contributed by atoms with Crippen LogP contribution in [0.3, 0.4) is 0 Å². The molecule has 30 aromatic rings. The van der Waals surface area contributed by atoms with E-state index >= 15 is 0 Å². The van der Waals surface area contributed by atoms with E-state index in [0.29, 0.717) is 40.6 Å². The van der Waals surface area contributed by atoms with Crippen molar-refractivity contribution in [1.82, 2.24) is 78.1 Å². The first-order valence-electron chi connectivity index (χ1n) is 49.5. The van der Waals surface area contributed by atoms with E-state index in [-0.39, 0.29) is 0 Å². The molecule has 16 nitrogen and oxygen atoms in total. The summed E-state index contributed by atoms with van der Waals surface area (Å²) < 4.78 is 9.21. The summed E-state index contributed by atoms with van der Waals surface area (Å²) in [4.78, 5) is 61.2. The van der Waals surface area contributed by atoms with Gasteiger partial charge in [0, 0.05) is 144 Å². The molecule has 10 aromatic heterocycles. The highest BCUT2D eigenvalue weighted by Gasteiger charge is 2.26. The topological polar surface area (TPSA) is 174 Å². The van der Waals surface area contributed by atoms with Crippen molar-refractivity contribution in [1.29, 1.82) is 0 Å². The average Bonchev–Trinajstić information content (AvgIpc) is 1.53. The molecule has 30 rings (SSSR count). The van der Waals surface area contributed by atoms with Crippen molar-refractivity contribution in [3.05, 3.63) is 498 Å². The summed E-state index contributed by atoms with van der Waals surface area (Å²) >= 11 is 0. The summed E-state index contributed by atoms with van der Waals surface area (Å²) in [6, 6.07) is 169. The van der Waals surface area contributed by atoms with E-state index in [4.69, 9.17) is 54.8 Å². The zero-order valence-corrected chi connectivity index (χ0v) is 79.5. The smallest absolute Gasteiger partial charge is 0.200 e. The first-order chi connectivity index (χ1) is 73.4. The van der Waals surface area contributed by atoms with Gasteiger partial charge in [-0.1, -0.05) is 364 Å². The van der Waals surface area contributed by atoms with Crippen LogP contribution < -0.4 is 0 Å². The van der Waals surface area contributed by atoms with Crippen molar-refractivity contribution in [2.24, 2.45) is 0 Å². The fourth-order valence-electron chi connectivity index (χ4n) is 21.6. The third-order valence-corrected chi connectivity index (χ3v) is 28.3. The molecule has 10 heterocycles. The summed E-state index contributed by atoms with van der Waals surface area (Å²) in [7, 11) is 0. The van der Waals surface area contributed by atoms with E-state index < -0.39 is 0 Å². The molecule has 0 aliphatic rings. The van der Waals surface area contributed by atoms with Crippen LogP contribution in [0, 0.1) is 0 Å². The lowest BCUT2D eigenvalue weighted by atomic mass is 10.0. The van der Waals surface area contributed by atoms with E-state index in [1.165, 1.54) is 43.4 Å². The zero-order chi connectivity index (χ0) is 97.6. The lowest BCUT2D eigenvalue weighted by Gasteiger charge is -2.14. The molecule has 690 valence electrons. The minimum absolute atomic E-state index is 0.448. The normalized spacial score (nSPS) is 11.6. The third-order valence-electron chi connectivity index (χ3n) is 28.3. The van der Waals surface area contributed by atoms with Crippen molar-refractivity contribution < 1.29 is 0 Å². The average molecular weight is 1890 g/mol. The molecule has 0 N–H and O–H groups in total. The molecule has 20 aromatic carbocycles. The number of aromatic nitrogens is 16. The van der Waals surface area contributed by atoms with Gasteiger partial charge in [-0.25, -0.2) is 59.8 Å². The molecule has 0 saturated heterocycles. The predicted octanol–water partition coefficient (Wildman–Crippen LogP) is 32.1. The monoisotopic (exact) mass is 1890 g/mol. The van der Waals surface area contributed by atoms with Gasteiger partial charge >= 0.3 is 0 Å². The van der Waals surface area contributed by atoms with Gasteiger partial charge in [0.25, 0.3) is 0 Å². The predicted molar refractivity (Wildman–Crippen MR) is 604 cm³/mol. The van der Waals surface area contributed by atoms with Crippen molar-refractivity contribution in [3.8, 4) is 125 Å². The van der Waals surface area contributed by atoms with E-state index in [0.717, 1.165) is 194 Å². The fourth-order valence-corrected chi connectivity index (χ4v) is 21.6. The van der Waals surface area contributed by atoms with Gasteiger partial charge in [-0.05, 0) is 131 Å². The Hall–Kier alpha value is -20.4. The van der Waals surface area contributed by atoms with Crippen LogP contribution >= 0.6 is 0 Å². The van der Waals surface area contributed by atoms with Crippen molar-refractivity contribution >= 4 is 152 Å². The van der Waals surface area contributed by atoms with Crippen molar-refractivity contribution in [3.63, 3.8) is 0 Å². The number of nitrogens with zero attached hydrogens (tertiary/aromatic N) is 16. The lowest BCUT2D eigenvalue weighted by Crippen LogP contribution is -2.05. The number of hydrogen-bond acceptors (Lipinski definition) is 12. The highest BCUT2D eigenvalue weighted by molar-refractivity contribution is 6.16. The van der Waals surface area contributed by atoms with Gasteiger partial charge in [-0.2, -0.15) is 0 Å². The van der Waals surface area contributed by atoms with Crippen LogP contribution in [-0.4, -0.2) is 78.1 Å². The molecule has 16 heteroatoms. The van der Waals surface area contributed by atoms with Gasteiger partial charge in [0.2, 0.25) is 0 Å². The second kappa shape index (κ2) is 36.0. The van der Waals surface area contributed by atoms with Crippen molar-refractivity contribution in [2.75, 3.05) is 0 Å². The minimum atomic E-state index is 0.448. The van der Waals surface area contributed by atoms with Crippen LogP contribution in [0.1, 0.15) is 0 Å². The maximum absolute atomic E-state index is 5.37. The number of benzene rings is 20. The van der Waals surface area contributed by atoms with Gasteiger partial charge in [-0.3, -0.25) is 4.57 Å². The van der Waals surface area contributed by atoms with E-state index in [2.05, 4.69) is 436 Å². The maximum Gasteiger partial charge on any atom is 0.200 e. The summed E-state index contributed by atoms with van der Waals surface area (Å²) in [5, 5.41) is 19.3. The van der Waals surface area contributed by atoms with Gasteiger partial charge in [0.1, 0.15) is 11.5 Å². The fraction of sp³-hybridized carbons (Fsp3) is 0. The Morgan fingerprint density at radius 1 is 0.142 bits per heavy atom. The first kappa shape index (κ1) is 85.6. The van der Waals surface area contributed by atoms with Crippen LogP contribution in [0.25, 0.3) is 278 Å². The molecule has 0 aliphatic carbocycles. The number of hydrogen-bond donors (Lipinski definition) is 0. The standard InChI is InChI=1S/C52H32N6.2C40H25N5/c1-2-16-34(17-3-1)49-42-30-29-33-15-4-5-20-37(33)50(42)56-52(55-49)51-53-43(32-48(54-51)58-46-27-12-8-23-40(46)41-24-9-13-28-47(41)58)35-18-14-19-36(31-35)57-44-25-10-6-21-38(44)39-22-7-11-26-45(39)57;1-2-12-27(13-3-1)37-33-22-21-26-11-4-5-16-30(26)38(33)44-40(43-37)34-23-24-41-39(42-34)28-14-10-15-29(25-28)45-35-19-8-6-17-31(35)32-18-7-9-20-36(32)45;1-2-12-27(13-3-1)37-33-22-21-26-11-4-5-16-30(26)38(33)44-40(43-37)39-41-24-23-34(42-39)28-14-10-15-29(25-28)45-35-19-8-6-17-31(35)32-18-7-9-20-36(32)45/h1-32H;2*1-25H. The molecule has 0 spiro atoms. The number of rotatable bonds is 13. The van der Waals surface area contributed by atoms with Gasteiger partial charge in [0.05, 0.1) is 89.2 Å². The number of fused-ring (bicyclic) bond motifs is 21. The number of para-hydroxylation sites is 8. The molecule has 0 unspecified atom stereocenters. The molecule has 0 aliphatic heterocycles. The Labute approximate surface area is 847 Å². The Bertz CT molecular complexity index is 9990. The molecule has 0 amide bonds. The molecule has 148 heavy (non-hydrogen) atoms. The molecule has 0 saturated carbocycles. The maximum atomic E-state index is 5.37. The second-order valence-electron chi connectivity index (χ2n) is 36.9. The molecular formula is C132H82N16. The van der Waals surface area contributed by atoms with Gasteiger partial charge < -0.3 is 13.7 Å². The molecule has 0 bridgehead atoms.